The molecule has 0 aromatic heterocycles. The average molecular weight is 299 g/mol. The third kappa shape index (κ3) is 4.09. The van der Waals surface area contributed by atoms with Crippen LogP contribution in [0.1, 0.15) is 17.3 Å². The Morgan fingerprint density at radius 3 is 2.36 bits per heavy atom. The minimum atomic E-state index is -0.197. The van der Waals surface area contributed by atoms with Crippen LogP contribution >= 0.6 is 0 Å². The van der Waals surface area contributed by atoms with E-state index in [-0.39, 0.29) is 18.3 Å². The Hall–Kier alpha value is -2.82. The second kappa shape index (κ2) is 7.26. The van der Waals surface area contributed by atoms with Crippen LogP contribution < -0.4 is 14.8 Å². The molecule has 0 saturated heterocycles. The van der Waals surface area contributed by atoms with Crippen LogP contribution in [0, 0.1) is 0 Å². The Labute approximate surface area is 128 Å². The maximum Gasteiger partial charge on any atom is 0.221 e. The third-order valence-electron chi connectivity index (χ3n) is 2.97. The maximum absolute atomic E-state index is 12.1. The van der Waals surface area contributed by atoms with E-state index in [9.17, 15) is 9.59 Å². The third-order valence-corrected chi connectivity index (χ3v) is 2.97. The highest BCUT2D eigenvalue weighted by atomic mass is 16.5. The van der Waals surface area contributed by atoms with Gasteiger partial charge in [-0.15, -0.1) is 0 Å². The average Bonchev–Trinajstić information content (AvgIpc) is 2.53. The number of ketones is 1. The molecular weight excluding hydrogens is 282 g/mol. The Morgan fingerprint density at radius 2 is 1.73 bits per heavy atom. The SMILES string of the molecule is COc1ccc(C(=O)COc2ccccc2NC(C)=O)cc1. The number of amides is 1. The number of carbonyl (C=O) groups is 2. The second-order valence-electron chi connectivity index (χ2n) is 4.62. The summed E-state index contributed by atoms with van der Waals surface area (Å²) >= 11 is 0. The molecule has 0 bridgehead atoms. The highest BCUT2D eigenvalue weighted by Gasteiger charge is 2.09. The smallest absolute Gasteiger partial charge is 0.221 e. The molecule has 0 radical (unpaired) electrons. The van der Waals surface area contributed by atoms with Gasteiger partial charge in [0.1, 0.15) is 11.5 Å². The van der Waals surface area contributed by atoms with Crippen LogP contribution in [0.3, 0.4) is 0 Å². The fraction of sp³-hybridized carbons (Fsp3) is 0.176. The molecule has 1 N–H and O–H groups in total. The maximum atomic E-state index is 12.1. The molecule has 0 saturated carbocycles. The molecule has 0 aliphatic rings. The van der Waals surface area contributed by atoms with Crippen LogP contribution in [0.4, 0.5) is 5.69 Å². The van der Waals surface area contributed by atoms with Crippen LogP contribution in [0.15, 0.2) is 48.5 Å². The largest absolute Gasteiger partial charge is 0.497 e. The summed E-state index contributed by atoms with van der Waals surface area (Å²) in [5.74, 6) is 0.797. The van der Waals surface area contributed by atoms with Crippen molar-refractivity contribution in [2.75, 3.05) is 19.0 Å². The quantitative estimate of drug-likeness (QED) is 0.833. The Kier molecular flexibility index (Phi) is 5.14. The van der Waals surface area contributed by atoms with Gasteiger partial charge >= 0.3 is 0 Å². The molecule has 1 amide bonds. The van der Waals surface area contributed by atoms with E-state index in [1.54, 1.807) is 55.6 Å². The van der Waals surface area contributed by atoms with E-state index < -0.39 is 0 Å². The molecule has 0 heterocycles. The summed E-state index contributed by atoms with van der Waals surface area (Å²) in [6, 6.07) is 13.8. The van der Waals surface area contributed by atoms with Gasteiger partial charge in [0.2, 0.25) is 5.91 Å². The molecule has 2 rings (SSSR count). The van der Waals surface area contributed by atoms with Crippen LogP contribution in [-0.2, 0) is 4.79 Å². The zero-order chi connectivity index (χ0) is 15.9. The first-order valence-corrected chi connectivity index (χ1v) is 6.77. The molecule has 2 aromatic rings. The van der Waals surface area contributed by atoms with Crippen molar-refractivity contribution in [1.29, 1.82) is 0 Å². The van der Waals surface area contributed by atoms with Gasteiger partial charge in [-0.2, -0.15) is 0 Å². The lowest BCUT2D eigenvalue weighted by Crippen LogP contribution is -2.13. The van der Waals surface area contributed by atoms with Crippen molar-refractivity contribution < 1.29 is 19.1 Å². The van der Waals surface area contributed by atoms with Crippen molar-refractivity contribution >= 4 is 17.4 Å². The number of Topliss-reactive ketones (excluding diaryl/α,β-unsaturated/α-hetero) is 1. The van der Waals surface area contributed by atoms with E-state index in [1.165, 1.54) is 6.92 Å². The van der Waals surface area contributed by atoms with Gasteiger partial charge in [-0.05, 0) is 36.4 Å². The van der Waals surface area contributed by atoms with Crippen molar-refractivity contribution in [3.63, 3.8) is 0 Å². The molecule has 5 nitrogen and oxygen atoms in total. The van der Waals surface area contributed by atoms with E-state index >= 15 is 0 Å². The Morgan fingerprint density at radius 1 is 1.05 bits per heavy atom. The number of para-hydroxylation sites is 2. The fourth-order valence-corrected chi connectivity index (χ4v) is 1.89. The molecule has 0 aliphatic carbocycles. The van der Waals surface area contributed by atoms with Crippen molar-refractivity contribution in [2.45, 2.75) is 6.92 Å². The molecule has 22 heavy (non-hydrogen) atoms. The van der Waals surface area contributed by atoms with Crippen molar-refractivity contribution in [3.05, 3.63) is 54.1 Å². The second-order valence-corrected chi connectivity index (χ2v) is 4.62. The molecule has 0 fully saturated rings. The summed E-state index contributed by atoms with van der Waals surface area (Å²) in [6.45, 7) is 1.31. The first kappa shape index (κ1) is 15.6. The summed E-state index contributed by atoms with van der Waals surface area (Å²) in [4.78, 5) is 23.2. The first-order chi connectivity index (χ1) is 10.6. The number of nitrogens with one attached hydrogen (secondary N) is 1. The van der Waals surface area contributed by atoms with Crippen LogP contribution in [0.5, 0.6) is 11.5 Å². The van der Waals surface area contributed by atoms with Gasteiger partial charge in [0, 0.05) is 12.5 Å². The van der Waals surface area contributed by atoms with Gasteiger partial charge in [0.05, 0.1) is 12.8 Å². The number of carbonyl (C=O) groups excluding carboxylic acids is 2. The molecule has 5 heteroatoms. The molecular formula is C17H17NO4. The summed E-state index contributed by atoms with van der Waals surface area (Å²) in [5, 5.41) is 2.66. The van der Waals surface area contributed by atoms with Crippen LogP contribution in [0.25, 0.3) is 0 Å². The summed E-state index contributed by atoms with van der Waals surface area (Å²) in [6.07, 6.45) is 0. The van der Waals surface area contributed by atoms with E-state index in [0.717, 1.165) is 0 Å². The van der Waals surface area contributed by atoms with Crippen molar-refractivity contribution in [3.8, 4) is 11.5 Å². The van der Waals surface area contributed by atoms with E-state index in [4.69, 9.17) is 9.47 Å². The highest BCUT2D eigenvalue weighted by molar-refractivity contribution is 5.97. The number of hydrogen-bond donors (Lipinski definition) is 1. The lowest BCUT2D eigenvalue weighted by atomic mass is 10.1. The van der Waals surface area contributed by atoms with E-state index in [2.05, 4.69) is 5.32 Å². The molecule has 0 atom stereocenters. The lowest BCUT2D eigenvalue weighted by molar-refractivity contribution is -0.114. The Bertz CT molecular complexity index is 665. The predicted octanol–water partition coefficient (Wildman–Crippen LogP) is 2.92. The van der Waals surface area contributed by atoms with Crippen molar-refractivity contribution in [2.24, 2.45) is 0 Å². The summed E-state index contributed by atoms with van der Waals surface area (Å²) < 4.78 is 10.6. The van der Waals surface area contributed by atoms with Gasteiger partial charge in [-0.25, -0.2) is 0 Å². The van der Waals surface area contributed by atoms with Crippen LogP contribution in [-0.4, -0.2) is 25.4 Å². The van der Waals surface area contributed by atoms with Gasteiger partial charge in [-0.3, -0.25) is 9.59 Å². The predicted molar refractivity (Wildman–Crippen MR) is 83.6 cm³/mol. The first-order valence-electron chi connectivity index (χ1n) is 6.77. The number of ether oxygens (including phenoxy) is 2. The van der Waals surface area contributed by atoms with Gasteiger partial charge in [-0.1, -0.05) is 12.1 Å². The number of methoxy groups -OCH3 is 1. The monoisotopic (exact) mass is 299 g/mol. The number of hydrogen-bond acceptors (Lipinski definition) is 4. The number of benzene rings is 2. The zero-order valence-electron chi connectivity index (χ0n) is 12.5. The summed E-state index contributed by atoms with van der Waals surface area (Å²) in [7, 11) is 1.57. The normalized spacial score (nSPS) is 9.91. The zero-order valence-corrected chi connectivity index (χ0v) is 12.5. The molecule has 0 unspecified atom stereocenters. The van der Waals surface area contributed by atoms with Crippen molar-refractivity contribution in [1.82, 2.24) is 0 Å². The highest BCUT2D eigenvalue weighted by Crippen LogP contribution is 2.24. The minimum Gasteiger partial charge on any atom is -0.497 e. The molecule has 0 spiro atoms. The number of anilines is 1. The molecule has 0 aliphatic heterocycles. The minimum absolute atomic E-state index is 0.108. The van der Waals surface area contributed by atoms with Gasteiger partial charge in [0.15, 0.2) is 12.4 Å². The van der Waals surface area contributed by atoms with E-state index in [1.807, 2.05) is 0 Å². The van der Waals surface area contributed by atoms with Gasteiger partial charge < -0.3 is 14.8 Å². The van der Waals surface area contributed by atoms with E-state index in [0.29, 0.717) is 22.7 Å². The molecule has 2 aromatic carbocycles. The molecule has 114 valence electrons. The number of rotatable bonds is 6. The van der Waals surface area contributed by atoms with Gasteiger partial charge in [0.25, 0.3) is 0 Å². The standard InChI is InChI=1S/C17H17NO4/c1-12(19)18-15-5-3-4-6-17(15)22-11-16(20)13-7-9-14(21-2)10-8-13/h3-10H,11H2,1-2H3,(H,18,19). The fourth-order valence-electron chi connectivity index (χ4n) is 1.89. The lowest BCUT2D eigenvalue weighted by Gasteiger charge is -2.11. The topological polar surface area (TPSA) is 64.6 Å². The Balaban J connectivity index is 2.03. The van der Waals surface area contributed by atoms with Crippen LogP contribution in [0.2, 0.25) is 0 Å². The summed E-state index contributed by atoms with van der Waals surface area (Å²) in [5.41, 5.74) is 1.08.